The van der Waals surface area contributed by atoms with Crippen molar-refractivity contribution < 1.29 is 22.7 Å². The van der Waals surface area contributed by atoms with Gasteiger partial charge in [0.1, 0.15) is 15.4 Å². The van der Waals surface area contributed by atoms with E-state index in [1.165, 1.54) is 7.11 Å². The maximum Gasteiger partial charge on any atom is 0.409 e. The molecule has 1 aromatic heterocycles. The van der Waals surface area contributed by atoms with E-state index in [1.54, 1.807) is 15.5 Å². The molecular weight excluding hydrogens is 532 g/mol. The number of carbonyl (C=O) groups is 2. The Morgan fingerprint density at radius 1 is 1.07 bits per heavy atom. The van der Waals surface area contributed by atoms with E-state index in [0.717, 1.165) is 36.6 Å². The number of carbonyl (C=O) groups excluding carboxylic acids is 2. The Bertz CT molecular complexity index is 1410. The topological polar surface area (TPSA) is 118 Å². The van der Waals surface area contributed by atoms with Crippen molar-refractivity contribution in [3.05, 3.63) is 46.2 Å². The molecule has 40 heavy (non-hydrogen) atoms. The molecule has 218 valence electrons. The van der Waals surface area contributed by atoms with Gasteiger partial charge in [-0.3, -0.25) is 14.5 Å². The molecule has 2 amide bonds. The highest BCUT2D eigenvalue weighted by atomic mass is 32.2. The van der Waals surface area contributed by atoms with Crippen molar-refractivity contribution in [2.24, 2.45) is 0 Å². The summed E-state index contributed by atoms with van der Waals surface area (Å²) >= 11 is 0. The first-order chi connectivity index (χ1) is 19.1. The first kappa shape index (κ1) is 28.6. The summed E-state index contributed by atoms with van der Waals surface area (Å²) in [5, 5.41) is 4.02. The number of hydrogen-bond donors (Lipinski definition) is 1. The largest absolute Gasteiger partial charge is 0.453 e. The number of sulfone groups is 1. The number of nitrogens with one attached hydrogen (secondary N) is 1. The third-order valence-electron chi connectivity index (χ3n) is 8.90. The van der Waals surface area contributed by atoms with Gasteiger partial charge < -0.3 is 19.5 Å². The van der Waals surface area contributed by atoms with Gasteiger partial charge in [-0.1, -0.05) is 18.2 Å². The number of ether oxygens (including phenoxy) is 1. The van der Waals surface area contributed by atoms with Gasteiger partial charge in [0.25, 0.3) is 11.5 Å². The minimum atomic E-state index is -3.03. The highest BCUT2D eigenvalue weighted by Crippen LogP contribution is 2.36. The molecule has 3 aliphatic heterocycles. The Kier molecular flexibility index (Phi) is 8.24. The molecule has 11 heteroatoms. The van der Waals surface area contributed by atoms with E-state index in [2.05, 4.69) is 10.2 Å². The van der Waals surface area contributed by atoms with E-state index < -0.39 is 15.9 Å². The lowest BCUT2D eigenvalue weighted by molar-refractivity contribution is 0.0682. The molecule has 0 spiro atoms. The molecular formula is C29H40N4O6S. The molecule has 5 rings (SSSR count). The van der Waals surface area contributed by atoms with Crippen LogP contribution in [0.2, 0.25) is 0 Å². The van der Waals surface area contributed by atoms with Crippen LogP contribution in [-0.2, 0) is 14.6 Å². The van der Waals surface area contributed by atoms with Crippen molar-refractivity contribution in [3.63, 3.8) is 0 Å². The fourth-order valence-electron chi connectivity index (χ4n) is 6.93. The van der Waals surface area contributed by atoms with Crippen molar-refractivity contribution in [2.45, 2.75) is 82.6 Å². The lowest BCUT2D eigenvalue weighted by Gasteiger charge is -2.41. The van der Waals surface area contributed by atoms with Gasteiger partial charge in [-0.2, -0.15) is 0 Å². The summed E-state index contributed by atoms with van der Waals surface area (Å²) in [7, 11) is -1.67. The Hall–Kier alpha value is -2.92. The highest BCUT2D eigenvalue weighted by molar-refractivity contribution is 7.91. The normalized spacial score (nSPS) is 24.8. The lowest BCUT2D eigenvalue weighted by atomic mass is 9.96. The molecule has 3 saturated heterocycles. The Labute approximate surface area is 235 Å². The van der Waals surface area contributed by atoms with Gasteiger partial charge in [0.05, 0.1) is 24.1 Å². The van der Waals surface area contributed by atoms with Crippen molar-refractivity contribution in [3.8, 4) is 0 Å². The van der Waals surface area contributed by atoms with Gasteiger partial charge in [-0.25, -0.2) is 13.2 Å². The van der Waals surface area contributed by atoms with Gasteiger partial charge in [-0.15, -0.1) is 0 Å². The van der Waals surface area contributed by atoms with E-state index in [-0.39, 0.29) is 58.7 Å². The fraction of sp³-hybridized carbons (Fsp3) is 0.621. The first-order valence-corrected chi connectivity index (χ1v) is 16.2. The summed E-state index contributed by atoms with van der Waals surface area (Å²) in [5.41, 5.74) is 0.719. The Morgan fingerprint density at radius 2 is 1.73 bits per heavy atom. The second-order valence-electron chi connectivity index (χ2n) is 11.7. The number of benzene rings is 1. The van der Waals surface area contributed by atoms with Gasteiger partial charge in [0.2, 0.25) is 0 Å². The van der Waals surface area contributed by atoms with E-state index in [0.29, 0.717) is 25.9 Å². The van der Waals surface area contributed by atoms with Crippen LogP contribution < -0.4 is 10.9 Å². The molecule has 1 aromatic carbocycles. The third kappa shape index (κ3) is 5.76. The molecule has 4 heterocycles. The second-order valence-corrected chi connectivity index (χ2v) is 14.0. The summed E-state index contributed by atoms with van der Waals surface area (Å²) in [6, 6.07) is 9.65. The molecule has 3 atom stereocenters. The average Bonchev–Trinajstić information content (AvgIpc) is 3.15. The summed E-state index contributed by atoms with van der Waals surface area (Å²) in [5.74, 6) is -0.130. The molecule has 0 aliphatic carbocycles. The lowest BCUT2D eigenvalue weighted by Crippen LogP contribution is -2.54. The summed E-state index contributed by atoms with van der Waals surface area (Å²) in [6.07, 6.45) is 4.07. The average molecular weight is 573 g/mol. The van der Waals surface area contributed by atoms with Crippen LogP contribution in [0, 0.1) is 0 Å². The van der Waals surface area contributed by atoms with Crippen LogP contribution in [0.4, 0.5) is 4.79 Å². The molecule has 2 bridgehead atoms. The van der Waals surface area contributed by atoms with Crippen LogP contribution in [0.5, 0.6) is 0 Å². The zero-order chi connectivity index (χ0) is 28.6. The number of hydrogen-bond acceptors (Lipinski definition) is 7. The van der Waals surface area contributed by atoms with Gasteiger partial charge >= 0.3 is 6.09 Å². The minimum absolute atomic E-state index is 0.0279. The predicted molar refractivity (Wildman–Crippen MR) is 153 cm³/mol. The van der Waals surface area contributed by atoms with Crippen LogP contribution >= 0.6 is 0 Å². The zero-order valence-corrected chi connectivity index (χ0v) is 24.4. The first-order valence-electron chi connectivity index (χ1n) is 14.3. The number of piperidine rings is 1. The monoisotopic (exact) mass is 572 g/mol. The second kappa shape index (κ2) is 11.5. The molecule has 0 radical (unpaired) electrons. The smallest absolute Gasteiger partial charge is 0.409 e. The Morgan fingerprint density at radius 3 is 2.35 bits per heavy atom. The molecule has 3 fully saturated rings. The number of fused-ring (bicyclic) bond motifs is 3. The molecule has 3 aliphatic rings. The van der Waals surface area contributed by atoms with Crippen LogP contribution in [0.15, 0.2) is 35.1 Å². The molecule has 0 unspecified atom stereocenters. The van der Waals surface area contributed by atoms with E-state index in [9.17, 15) is 22.8 Å². The minimum Gasteiger partial charge on any atom is -0.453 e. The van der Waals surface area contributed by atoms with Crippen LogP contribution in [0.1, 0.15) is 68.8 Å². The third-order valence-corrected chi connectivity index (χ3v) is 10.6. The van der Waals surface area contributed by atoms with E-state index in [4.69, 9.17) is 4.74 Å². The van der Waals surface area contributed by atoms with Crippen molar-refractivity contribution in [1.82, 2.24) is 19.7 Å². The number of pyridine rings is 1. The number of para-hydroxylation sites is 1. The quantitative estimate of drug-likeness (QED) is 0.542. The van der Waals surface area contributed by atoms with Gasteiger partial charge in [0.15, 0.2) is 0 Å². The Balaban J connectivity index is 1.24. The van der Waals surface area contributed by atoms with Crippen molar-refractivity contribution >= 4 is 32.7 Å². The molecule has 10 nitrogen and oxygen atoms in total. The van der Waals surface area contributed by atoms with E-state index in [1.807, 2.05) is 38.1 Å². The van der Waals surface area contributed by atoms with Crippen LogP contribution in [-0.4, -0.2) is 90.7 Å². The highest BCUT2D eigenvalue weighted by Gasteiger charge is 2.42. The predicted octanol–water partition coefficient (Wildman–Crippen LogP) is 2.95. The van der Waals surface area contributed by atoms with Crippen LogP contribution in [0.3, 0.4) is 0 Å². The number of nitrogens with zero attached hydrogens (tertiary/aromatic N) is 3. The number of amides is 2. The maximum absolute atomic E-state index is 13.4. The zero-order valence-electron chi connectivity index (χ0n) is 23.5. The van der Waals surface area contributed by atoms with E-state index >= 15 is 0 Å². The summed E-state index contributed by atoms with van der Waals surface area (Å²) in [4.78, 5) is 43.4. The maximum atomic E-state index is 13.4. The number of rotatable bonds is 7. The van der Waals surface area contributed by atoms with Crippen molar-refractivity contribution in [2.75, 3.05) is 31.7 Å². The fourth-order valence-corrected chi connectivity index (χ4v) is 8.40. The molecule has 0 saturated carbocycles. The number of methoxy groups -OCH3 is 1. The SMILES string of the molecule is COC(=O)N(CCN1[C@@H]2CC[C@H]1C[C@H](NC(=O)c1cc3ccccc3n(C(C)C)c1=O)C2)C1CCS(=O)(=O)CC1. The standard InChI is InChI=1S/C29H40N4O6S/c1-19(2)33-26-7-5-4-6-20(26)16-25(28(33)35)27(34)30-21-17-23-8-9-24(18-21)31(23)12-13-32(29(36)39-3)22-10-14-40(37,38)15-11-22/h4-7,16,19,21-24H,8-15,17-18H2,1-3H3,(H,30,34)/t21-,23-,24+. The molecule has 2 aromatic rings. The van der Waals surface area contributed by atoms with Gasteiger partial charge in [0, 0.05) is 43.3 Å². The van der Waals surface area contributed by atoms with Gasteiger partial charge in [-0.05, 0) is 69.9 Å². The number of aromatic nitrogens is 1. The van der Waals surface area contributed by atoms with Crippen molar-refractivity contribution in [1.29, 1.82) is 0 Å². The summed E-state index contributed by atoms with van der Waals surface area (Å²) < 4.78 is 30.5. The van der Waals surface area contributed by atoms with Crippen LogP contribution in [0.25, 0.3) is 10.9 Å². The summed E-state index contributed by atoms with van der Waals surface area (Å²) in [6.45, 7) is 5.05. The molecule has 1 N–H and O–H groups in total.